The summed E-state index contributed by atoms with van der Waals surface area (Å²) in [5.74, 6) is 11.1. The first-order valence-electron chi connectivity index (χ1n) is 4.51. The van der Waals surface area contributed by atoms with E-state index >= 15 is 0 Å². The van der Waals surface area contributed by atoms with E-state index in [0.29, 0.717) is 6.42 Å². The van der Waals surface area contributed by atoms with Gasteiger partial charge in [-0.05, 0) is 30.9 Å². The first kappa shape index (κ1) is 10.4. The average molecular weight is 184 g/mol. The van der Waals surface area contributed by atoms with Gasteiger partial charge in [0.1, 0.15) is 0 Å². The SMILES string of the molecule is CC(O)CC#CC#Cc1ccccc1. The number of hydrogen-bond acceptors (Lipinski definition) is 1. The first-order chi connectivity index (χ1) is 6.79. The molecule has 1 atom stereocenters. The van der Waals surface area contributed by atoms with E-state index in [1.165, 1.54) is 0 Å². The minimum Gasteiger partial charge on any atom is -0.392 e. The Bertz CT molecular complexity index is 382. The van der Waals surface area contributed by atoms with Crippen molar-refractivity contribution in [3.8, 4) is 23.7 Å². The third-order valence-corrected chi connectivity index (χ3v) is 1.53. The maximum atomic E-state index is 8.92. The van der Waals surface area contributed by atoms with Crippen molar-refractivity contribution in [2.24, 2.45) is 0 Å². The van der Waals surface area contributed by atoms with Gasteiger partial charge in [-0.2, -0.15) is 0 Å². The van der Waals surface area contributed by atoms with Crippen LogP contribution in [-0.4, -0.2) is 11.2 Å². The number of hydrogen-bond donors (Lipinski definition) is 1. The lowest BCUT2D eigenvalue weighted by atomic mass is 10.2. The fourth-order valence-corrected chi connectivity index (χ4v) is 0.868. The molecule has 0 saturated heterocycles. The lowest BCUT2D eigenvalue weighted by Gasteiger charge is -1.91. The molecule has 1 aromatic carbocycles. The molecule has 0 spiro atoms. The zero-order valence-electron chi connectivity index (χ0n) is 8.12. The Labute approximate surface area is 84.8 Å². The molecule has 0 aliphatic carbocycles. The molecule has 0 aliphatic heterocycles. The Morgan fingerprint density at radius 2 is 1.93 bits per heavy atom. The molecule has 0 heterocycles. The van der Waals surface area contributed by atoms with E-state index in [1.54, 1.807) is 6.92 Å². The minimum absolute atomic E-state index is 0.374. The molecule has 1 heteroatoms. The molecule has 1 aromatic rings. The van der Waals surface area contributed by atoms with E-state index in [2.05, 4.69) is 23.7 Å². The highest BCUT2D eigenvalue weighted by molar-refractivity contribution is 5.39. The molecule has 1 rings (SSSR count). The van der Waals surface area contributed by atoms with Gasteiger partial charge in [0.25, 0.3) is 0 Å². The maximum Gasteiger partial charge on any atom is 0.0621 e. The van der Waals surface area contributed by atoms with Crippen molar-refractivity contribution in [3.63, 3.8) is 0 Å². The topological polar surface area (TPSA) is 20.2 Å². The van der Waals surface area contributed by atoms with Gasteiger partial charge in [-0.3, -0.25) is 0 Å². The van der Waals surface area contributed by atoms with Crippen LogP contribution in [0.2, 0.25) is 0 Å². The van der Waals surface area contributed by atoms with Crippen LogP contribution in [0, 0.1) is 23.7 Å². The van der Waals surface area contributed by atoms with Crippen LogP contribution in [0.1, 0.15) is 18.9 Å². The van der Waals surface area contributed by atoms with Crippen LogP contribution in [0.15, 0.2) is 30.3 Å². The average Bonchev–Trinajstić information content (AvgIpc) is 2.18. The van der Waals surface area contributed by atoms with Crippen LogP contribution in [0.5, 0.6) is 0 Å². The van der Waals surface area contributed by atoms with E-state index in [4.69, 9.17) is 5.11 Å². The third kappa shape index (κ3) is 4.36. The highest BCUT2D eigenvalue weighted by Crippen LogP contribution is 1.94. The van der Waals surface area contributed by atoms with Gasteiger partial charge in [-0.1, -0.05) is 30.0 Å². The minimum atomic E-state index is -0.374. The first-order valence-corrected chi connectivity index (χ1v) is 4.51. The van der Waals surface area contributed by atoms with Gasteiger partial charge < -0.3 is 5.11 Å². The molecule has 1 N–H and O–H groups in total. The van der Waals surface area contributed by atoms with Crippen molar-refractivity contribution < 1.29 is 5.11 Å². The number of aliphatic hydroxyl groups is 1. The highest BCUT2D eigenvalue weighted by Gasteiger charge is 1.86. The van der Waals surface area contributed by atoms with E-state index in [1.807, 2.05) is 30.3 Å². The van der Waals surface area contributed by atoms with Crippen molar-refractivity contribution in [3.05, 3.63) is 35.9 Å². The van der Waals surface area contributed by atoms with Gasteiger partial charge in [-0.15, -0.1) is 0 Å². The van der Waals surface area contributed by atoms with Crippen LogP contribution in [-0.2, 0) is 0 Å². The normalized spacial score (nSPS) is 10.4. The molecule has 0 radical (unpaired) electrons. The van der Waals surface area contributed by atoms with Gasteiger partial charge in [0.05, 0.1) is 6.10 Å². The summed E-state index contributed by atoms with van der Waals surface area (Å²) in [6, 6.07) is 9.69. The fraction of sp³-hybridized carbons (Fsp3) is 0.231. The van der Waals surface area contributed by atoms with Crippen molar-refractivity contribution in [2.75, 3.05) is 0 Å². The van der Waals surface area contributed by atoms with Crippen LogP contribution < -0.4 is 0 Å². The molecule has 0 aromatic heterocycles. The van der Waals surface area contributed by atoms with E-state index in [0.717, 1.165) is 5.56 Å². The second kappa shape index (κ2) is 5.86. The summed E-state index contributed by atoms with van der Waals surface area (Å²) in [5.41, 5.74) is 0.957. The molecule has 0 bridgehead atoms. The van der Waals surface area contributed by atoms with Gasteiger partial charge in [0.15, 0.2) is 0 Å². The summed E-state index contributed by atoms with van der Waals surface area (Å²) in [7, 11) is 0. The van der Waals surface area contributed by atoms with Gasteiger partial charge in [-0.25, -0.2) is 0 Å². The number of aliphatic hydroxyl groups excluding tert-OH is 1. The van der Waals surface area contributed by atoms with Crippen LogP contribution in [0.4, 0.5) is 0 Å². The van der Waals surface area contributed by atoms with Crippen molar-refractivity contribution in [1.29, 1.82) is 0 Å². The molecule has 0 aliphatic rings. The Kier molecular flexibility index (Phi) is 4.35. The summed E-state index contributed by atoms with van der Waals surface area (Å²) in [4.78, 5) is 0. The molecule has 70 valence electrons. The molecule has 0 amide bonds. The second-order valence-electron chi connectivity index (χ2n) is 2.97. The monoisotopic (exact) mass is 184 g/mol. The Morgan fingerprint density at radius 3 is 2.57 bits per heavy atom. The van der Waals surface area contributed by atoms with E-state index in [9.17, 15) is 0 Å². The zero-order chi connectivity index (χ0) is 10.2. The number of rotatable bonds is 1. The smallest absolute Gasteiger partial charge is 0.0621 e. The quantitative estimate of drug-likeness (QED) is 0.660. The largest absolute Gasteiger partial charge is 0.392 e. The summed E-state index contributed by atoms with van der Waals surface area (Å²) < 4.78 is 0. The fourth-order valence-electron chi connectivity index (χ4n) is 0.868. The van der Waals surface area contributed by atoms with Crippen molar-refractivity contribution >= 4 is 0 Å². The Hall–Kier alpha value is -1.70. The summed E-state index contributed by atoms with van der Waals surface area (Å²) in [5, 5.41) is 8.92. The Morgan fingerprint density at radius 1 is 1.21 bits per heavy atom. The number of benzene rings is 1. The standard InChI is InChI=1S/C13H12O/c1-12(14)8-4-2-5-9-13-10-6-3-7-11-13/h3,6-7,10-12,14H,8H2,1H3. The highest BCUT2D eigenvalue weighted by atomic mass is 16.3. The molecule has 1 unspecified atom stereocenters. The van der Waals surface area contributed by atoms with Crippen molar-refractivity contribution in [2.45, 2.75) is 19.4 Å². The third-order valence-electron chi connectivity index (χ3n) is 1.53. The lowest BCUT2D eigenvalue weighted by molar-refractivity contribution is 0.201. The lowest BCUT2D eigenvalue weighted by Crippen LogP contribution is -1.95. The summed E-state index contributed by atoms with van der Waals surface area (Å²) in [6.07, 6.45) is 0.102. The molecule has 14 heavy (non-hydrogen) atoms. The van der Waals surface area contributed by atoms with Crippen LogP contribution in [0.25, 0.3) is 0 Å². The predicted molar refractivity (Wildman–Crippen MR) is 57.4 cm³/mol. The van der Waals surface area contributed by atoms with Gasteiger partial charge >= 0.3 is 0 Å². The summed E-state index contributed by atoms with van der Waals surface area (Å²) in [6.45, 7) is 1.71. The molecular formula is C13H12O. The van der Waals surface area contributed by atoms with Crippen LogP contribution in [0.3, 0.4) is 0 Å². The molecule has 1 nitrogen and oxygen atoms in total. The summed E-state index contributed by atoms with van der Waals surface area (Å²) >= 11 is 0. The van der Waals surface area contributed by atoms with Gasteiger partial charge in [0, 0.05) is 12.0 Å². The van der Waals surface area contributed by atoms with E-state index in [-0.39, 0.29) is 6.10 Å². The van der Waals surface area contributed by atoms with Gasteiger partial charge in [0.2, 0.25) is 0 Å². The van der Waals surface area contributed by atoms with E-state index < -0.39 is 0 Å². The molecular weight excluding hydrogens is 172 g/mol. The second-order valence-corrected chi connectivity index (χ2v) is 2.97. The molecule has 0 saturated carbocycles. The molecule has 0 fully saturated rings. The Balaban J connectivity index is 2.52. The maximum absolute atomic E-state index is 8.92. The van der Waals surface area contributed by atoms with Crippen molar-refractivity contribution in [1.82, 2.24) is 0 Å². The predicted octanol–water partition coefficient (Wildman–Crippen LogP) is 1.81. The van der Waals surface area contributed by atoms with Crippen LogP contribution >= 0.6 is 0 Å². The zero-order valence-corrected chi connectivity index (χ0v) is 8.12.